The van der Waals surface area contributed by atoms with Gasteiger partial charge in [-0.1, -0.05) is 30.4 Å². The van der Waals surface area contributed by atoms with Gasteiger partial charge in [-0.3, -0.25) is 0 Å². The van der Waals surface area contributed by atoms with Gasteiger partial charge in [0.25, 0.3) is 0 Å². The molecule has 0 unspecified atom stereocenters. The van der Waals surface area contributed by atoms with Crippen LogP contribution in [0, 0.1) is 5.92 Å². The molecular formula is C14H11ClF5NO2S. The molecule has 1 heterocycles. The molecule has 0 saturated carbocycles. The number of nitrogens with zero attached hydrogens (tertiary/aromatic N) is 1. The van der Waals surface area contributed by atoms with Crippen molar-refractivity contribution in [1.29, 1.82) is 0 Å². The molecule has 2 bridgehead atoms. The van der Waals surface area contributed by atoms with Crippen molar-refractivity contribution in [2.24, 2.45) is 5.92 Å². The van der Waals surface area contributed by atoms with Gasteiger partial charge in [-0.15, -0.1) is 0 Å². The SMILES string of the molecule is O=S(=O)(c1ccccc1)N1[C@H]2C=C[C@@H](C2)[C@]1(C(F)(F)F)C(F)(F)Cl. The van der Waals surface area contributed by atoms with Crippen LogP contribution in [-0.4, -0.2) is 35.9 Å². The lowest BCUT2D eigenvalue weighted by Gasteiger charge is -2.46. The first-order valence-electron chi connectivity index (χ1n) is 6.85. The van der Waals surface area contributed by atoms with Crippen molar-refractivity contribution in [2.45, 2.75) is 34.5 Å². The number of hydrogen-bond donors (Lipinski definition) is 0. The molecule has 0 amide bonds. The maximum Gasteiger partial charge on any atom is 0.415 e. The Hall–Kier alpha value is -1.19. The van der Waals surface area contributed by atoms with Gasteiger partial charge in [-0.05, 0) is 30.2 Å². The second-order valence-electron chi connectivity index (χ2n) is 5.67. The zero-order chi connectivity index (χ0) is 18.0. The van der Waals surface area contributed by atoms with Crippen LogP contribution in [0.25, 0.3) is 0 Å². The minimum Gasteiger partial charge on any atom is -0.207 e. The van der Waals surface area contributed by atoms with Crippen molar-refractivity contribution in [1.82, 2.24) is 4.31 Å². The van der Waals surface area contributed by atoms with Crippen molar-refractivity contribution >= 4 is 21.6 Å². The van der Waals surface area contributed by atoms with E-state index in [1.54, 1.807) is 0 Å². The van der Waals surface area contributed by atoms with E-state index in [2.05, 4.69) is 0 Å². The smallest absolute Gasteiger partial charge is 0.207 e. The van der Waals surface area contributed by atoms with E-state index < -0.39 is 50.4 Å². The molecule has 0 radical (unpaired) electrons. The third-order valence-electron chi connectivity index (χ3n) is 4.41. The Labute approximate surface area is 139 Å². The van der Waals surface area contributed by atoms with Crippen LogP contribution >= 0.6 is 11.6 Å². The van der Waals surface area contributed by atoms with E-state index in [1.807, 2.05) is 0 Å². The van der Waals surface area contributed by atoms with Crippen molar-refractivity contribution in [3.8, 4) is 0 Å². The fourth-order valence-corrected chi connectivity index (χ4v) is 5.86. The summed E-state index contributed by atoms with van der Waals surface area (Å²) in [6, 6.07) is 4.83. The molecule has 1 aliphatic carbocycles. The largest absolute Gasteiger partial charge is 0.415 e. The lowest BCUT2D eigenvalue weighted by Crippen LogP contribution is -2.70. The van der Waals surface area contributed by atoms with Gasteiger partial charge in [0.2, 0.25) is 15.6 Å². The van der Waals surface area contributed by atoms with Crippen LogP contribution in [0.2, 0.25) is 0 Å². The summed E-state index contributed by atoms with van der Waals surface area (Å²) in [5.41, 5.74) is -4.02. The zero-order valence-electron chi connectivity index (χ0n) is 11.8. The van der Waals surface area contributed by atoms with Gasteiger partial charge >= 0.3 is 11.6 Å². The fourth-order valence-electron chi connectivity index (χ4n) is 3.49. The molecular weight excluding hydrogens is 377 g/mol. The summed E-state index contributed by atoms with van der Waals surface area (Å²) in [7, 11) is -4.85. The van der Waals surface area contributed by atoms with Gasteiger partial charge < -0.3 is 0 Å². The molecule has 10 heteroatoms. The highest BCUT2D eigenvalue weighted by molar-refractivity contribution is 7.89. The van der Waals surface area contributed by atoms with Gasteiger partial charge in [-0.2, -0.15) is 26.3 Å². The minimum atomic E-state index is -5.57. The molecule has 3 rings (SSSR count). The number of hydrogen-bond acceptors (Lipinski definition) is 2. The highest BCUT2D eigenvalue weighted by Crippen LogP contribution is 2.62. The molecule has 1 aromatic carbocycles. The number of alkyl halides is 6. The van der Waals surface area contributed by atoms with Gasteiger partial charge in [0.1, 0.15) is 0 Å². The van der Waals surface area contributed by atoms with Gasteiger partial charge in [-0.25, -0.2) is 8.42 Å². The minimum absolute atomic E-state index is 0.160. The van der Waals surface area contributed by atoms with E-state index in [0.717, 1.165) is 18.2 Å². The molecule has 1 saturated heterocycles. The van der Waals surface area contributed by atoms with Crippen LogP contribution in [-0.2, 0) is 10.0 Å². The maximum absolute atomic E-state index is 14.0. The predicted molar refractivity (Wildman–Crippen MR) is 76.1 cm³/mol. The molecule has 0 aromatic heterocycles. The van der Waals surface area contributed by atoms with Crippen LogP contribution in [0.5, 0.6) is 0 Å². The van der Waals surface area contributed by atoms with Gasteiger partial charge in [0.05, 0.1) is 4.90 Å². The Kier molecular flexibility index (Phi) is 3.79. The summed E-state index contributed by atoms with van der Waals surface area (Å²) in [6.45, 7) is 0. The summed E-state index contributed by atoms with van der Waals surface area (Å²) in [6.07, 6.45) is -3.80. The second-order valence-corrected chi connectivity index (χ2v) is 7.96. The zero-order valence-corrected chi connectivity index (χ0v) is 13.4. The van der Waals surface area contributed by atoms with E-state index in [4.69, 9.17) is 11.6 Å². The number of benzene rings is 1. The van der Waals surface area contributed by atoms with E-state index in [0.29, 0.717) is 0 Å². The molecule has 0 N–H and O–H groups in total. The molecule has 3 nitrogen and oxygen atoms in total. The summed E-state index contributed by atoms with van der Waals surface area (Å²) < 4.78 is 94.7. The monoisotopic (exact) mass is 387 g/mol. The van der Waals surface area contributed by atoms with Crippen molar-refractivity contribution in [2.75, 3.05) is 0 Å². The summed E-state index contributed by atoms with van der Waals surface area (Å²) in [4.78, 5) is -0.500. The first-order chi connectivity index (χ1) is 10.9. The number of sulfonamides is 1. The van der Waals surface area contributed by atoms with E-state index in [1.165, 1.54) is 24.3 Å². The van der Waals surface area contributed by atoms with Crippen LogP contribution in [0.1, 0.15) is 6.42 Å². The number of fused-ring (bicyclic) bond motifs is 2. The topological polar surface area (TPSA) is 37.4 Å². The normalized spacial score (nSPS) is 30.9. The maximum atomic E-state index is 14.0. The average molecular weight is 388 g/mol. The Morgan fingerprint density at radius 2 is 1.67 bits per heavy atom. The third kappa shape index (κ3) is 2.14. The average Bonchev–Trinajstić information content (AvgIpc) is 3.05. The molecule has 24 heavy (non-hydrogen) atoms. The summed E-state index contributed by atoms with van der Waals surface area (Å²) >= 11 is 4.87. The first-order valence-corrected chi connectivity index (χ1v) is 8.67. The molecule has 1 aliphatic heterocycles. The molecule has 3 atom stereocenters. The van der Waals surface area contributed by atoms with Crippen molar-refractivity contribution in [3.63, 3.8) is 0 Å². The highest BCUT2D eigenvalue weighted by atomic mass is 35.5. The van der Waals surface area contributed by atoms with Gasteiger partial charge in [0, 0.05) is 12.0 Å². The van der Waals surface area contributed by atoms with Crippen LogP contribution in [0.15, 0.2) is 47.4 Å². The van der Waals surface area contributed by atoms with Crippen LogP contribution < -0.4 is 0 Å². The summed E-state index contributed by atoms with van der Waals surface area (Å²) in [5.74, 6) is -1.76. The Bertz CT molecular complexity index is 759. The Balaban J connectivity index is 2.28. The standard InChI is InChI=1S/C14H11ClF5NO2S/c15-13(16,17)12(14(18,19)20)9-6-7-10(8-9)21(12)24(22,23)11-4-2-1-3-5-11/h1-7,9-10H,8H2/t9-,10-,12+/m0/s1. The number of rotatable bonds is 3. The van der Waals surface area contributed by atoms with Crippen molar-refractivity contribution < 1.29 is 30.4 Å². The highest BCUT2D eigenvalue weighted by Gasteiger charge is 2.81. The lowest BCUT2D eigenvalue weighted by atomic mass is 9.85. The first kappa shape index (κ1) is 17.6. The summed E-state index contributed by atoms with van der Waals surface area (Å²) in [5, 5.41) is -4.84. The second kappa shape index (κ2) is 5.15. The van der Waals surface area contributed by atoms with E-state index in [-0.39, 0.29) is 4.31 Å². The molecule has 0 spiro atoms. The lowest BCUT2D eigenvalue weighted by molar-refractivity contribution is -0.269. The molecule has 132 valence electrons. The van der Waals surface area contributed by atoms with E-state index in [9.17, 15) is 30.4 Å². The van der Waals surface area contributed by atoms with Crippen LogP contribution in [0.4, 0.5) is 22.0 Å². The Morgan fingerprint density at radius 3 is 2.17 bits per heavy atom. The predicted octanol–water partition coefficient (Wildman–Crippen LogP) is 3.77. The van der Waals surface area contributed by atoms with Crippen LogP contribution in [0.3, 0.4) is 0 Å². The van der Waals surface area contributed by atoms with E-state index >= 15 is 0 Å². The Morgan fingerprint density at radius 1 is 1.08 bits per heavy atom. The fraction of sp³-hybridized carbons (Fsp3) is 0.429. The molecule has 1 fully saturated rings. The number of halogens is 6. The van der Waals surface area contributed by atoms with Gasteiger partial charge in [0.15, 0.2) is 0 Å². The molecule has 2 aliphatic rings. The third-order valence-corrected chi connectivity index (χ3v) is 6.64. The quantitative estimate of drug-likeness (QED) is 0.450. The molecule has 1 aromatic rings. The van der Waals surface area contributed by atoms with Crippen molar-refractivity contribution in [3.05, 3.63) is 42.5 Å².